The maximum Gasteiger partial charge on any atom is 0.253 e. The summed E-state index contributed by atoms with van der Waals surface area (Å²) in [5.41, 5.74) is -0.0133. The lowest BCUT2D eigenvalue weighted by Crippen LogP contribution is -2.30. The second-order valence-electron chi connectivity index (χ2n) is 3.99. The van der Waals surface area contributed by atoms with Gasteiger partial charge in [-0.3, -0.25) is 14.2 Å². The fourth-order valence-corrected chi connectivity index (χ4v) is 1.86. The highest BCUT2D eigenvalue weighted by Gasteiger charge is 2.10. The van der Waals surface area contributed by atoms with E-state index in [1.54, 1.807) is 0 Å². The number of hydrogen-bond acceptors (Lipinski definition) is 3. The SMILES string of the molecule is O=C(NCCn1cnccc1=O)c1ccc(F)cc1Cl. The number of halogens is 2. The highest BCUT2D eigenvalue weighted by atomic mass is 35.5. The first-order valence-electron chi connectivity index (χ1n) is 5.81. The number of rotatable bonds is 4. The van der Waals surface area contributed by atoms with Crippen LogP contribution in [0.3, 0.4) is 0 Å². The number of aromatic nitrogens is 2. The Morgan fingerprint density at radius 3 is 2.90 bits per heavy atom. The van der Waals surface area contributed by atoms with E-state index in [-0.39, 0.29) is 29.2 Å². The molecule has 0 bridgehead atoms. The van der Waals surface area contributed by atoms with E-state index >= 15 is 0 Å². The van der Waals surface area contributed by atoms with Gasteiger partial charge in [-0.25, -0.2) is 9.37 Å². The van der Waals surface area contributed by atoms with E-state index in [0.717, 1.165) is 12.1 Å². The molecule has 7 heteroatoms. The fraction of sp³-hybridized carbons (Fsp3) is 0.154. The summed E-state index contributed by atoms with van der Waals surface area (Å²) in [6.07, 6.45) is 2.79. The molecule has 0 atom stereocenters. The first kappa shape index (κ1) is 14.2. The molecule has 2 rings (SSSR count). The number of benzene rings is 1. The molecule has 1 N–H and O–H groups in total. The average molecular weight is 296 g/mol. The van der Waals surface area contributed by atoms with Crippen molar-refractivity contribution in [2.45, 2.75) is 6.54 Å². The van der Waals surface area contributed by atoms with Crippen LogP contribution >= 0.6 is 11.6 Å². The maximum atomic E-state index is 12.9. The van der Waals surface area contributed by atoms with Crippen molar-refractivity contribution in [3.8, 4) is 0 Å². The molecule has 20 heavy (non-hydrogen) atoms. The molecule has 5 nitrogen and oxygen atoms in total. The van der Waals surface area contributed by atoms with Crippen molar-refractivity contribution in [1.29, 1.82) is 0 Å². The van der Waals surface area contributed by atoms with Crippen LogP contribution in [0, 0.1) is 5.82 Å². The summed E-state index contributed by atoms with van der Waals surface area (Å²) in [6.45, 7) is 0.523. The van der Waals surface area contributed by atoms with Crippen LogP contribution in [-0.4, -0.2) is 22.0 Å². The van der Waals surface area contributed by atoms with E-state index in [0.29, 0.717) is 0 Å². The Labute approximate surface area is 119 Å². The highest BCUT2D eigenvalue weighted by molar-refractivity contribution is 6.33. The van der Waals surface area contributed by atoms with Gasteiger partial charge in [0.15, 0.2) is 0 Å². The number of carbonyl (C=O) groups is 1. The molecule has 0 saturated heterocycles. The Kier molecular flexibility index (Phi) is 4.47. The van der Waals surface area contributed by atoms with Crippen molar-refractivity contribution >= 4 is 17.5 Å². The number of amides is 1. The molecule has 0 spiro atoms. The minimum Gasteiger partial charge on any atom is -0.350 e. The summed E-state index contributed by atoms with van der Waals surface area (Å²) in [7, 11) is 0. The first-order valence-corrected chi connectivity index (χ1v) is 6.19. The summed E-state index contributed by atoms with van der Waals surface area (Å²) in [5.74, 6) is -0.930. The standard InChI is InChI=1S/C13H11ClFN3O2/c14-11-7-9(15)1-2-10(11)13(20)17-5-6-18-8-16-4-3-12(18)19/h1-4,7-8H,5-6H2,(H,17,20). The Balaban J connectivity index is 1.96. The van der Waals surface area contributed by atoms with Gasteiger partial charge in [-0.2, -0.15) is 0 Å². The summed E-state index contributed by atoms with van der Waals surface area (Å²) in [5, 5.41) is 2.64. The fourth-order valence-electron chi connectivity index (χ4n) is 1.61. The molecule has 104 valence electrons. The van der Waals surface area contributed by atoms with Gasteiger partial charge in [0.25, 0.3) is 11.5 Å². The Morgan fingerprint density at radius 1 is 1.40 bits per heavy atom. The smallest absolute Gasteiger partial charge is 0.253 e. The zero-order valence-electron chi connectivity index (χ0n) is 10.3. The lowest BCUT2D eigenvalue weighted by Gasteiger charge is -2.08. The zero-order chi connectivity index (χ0) is 14.5. The molecule has 0 radical (unpaired) electrons. The van der Waals surface area contributed by atoms with Gasteiger partial charge in [0.2, 0.25) is 0 Å². The second kappa shape index (κ2) is 6.29. The second-order valence-corrected chi connectivity index (χ2v) is 4.40. The molecule has 1 heterocycles. The van der Waals surface area contributed by atoms with Crippen LogP contribution in [-0.2, 0) is 6.54 Å². The quantitative estimate of drug-likeness (QED) is 0.929. The Hall–Kier alpha value is -2.21. The summed E-state index contributed by atoms with van der Waals surface area (Å²) < 4.78 is 14.2. The molecule has 1 aromatic heterocycles. The van der Waals surface area contributed by atoms with Gasteiger partial charge in [-0.15, -0.1) is 0 Å². The zero-order valence-corrected chi connectivity index (χ0v) is 11.1. The van der Waals surface area contributed by atoms with E-state index in [4.69, 9.17) is 11.6 Å². The van der Waals surface area contributed by atoms with Crippen LogP contribution in [0.1, 0.15) is 10.4 Å². The lowest BCUT2D eigenvalue weighted by atomic mass is 10.2. The minimum atomic E-state index is -0.506. The van der Waals surface area contributed by atoms with E-state index in [2.05, 4.69) is 10.3 Å². The van der Waals surface area contributed by atoms with E-state index in [9.17, 15) is 14.0 Å². The van der Waals surface area contributed by atoms with Crippen molar-refractivity contribution < 1.29 is 9.18 Å². The molecular weight excluding hydrogens is 285 g/mol. The van der Waals surface area contributed by atoms with E-state index in [1.165, 1.54) is 29.2 Å². The van der Waals surface area contributed by atoms with E-state index < -0.39 is 11.7 Å². The molecule has 0 unspecified atom stereocenters. The van der Waals surface area contributed by atoms with Gasteiger partial charge in [-0.1, -0.05) is 11.6 Å². The van der Waals surface area contributed by atoms with Crippen LogP contribution in [0.2, 0.25) is 5.02 Å². The van der Waals surface area contributed by atoms with Crippen molar-refractivity contribution in [2.75, 3.05) is 6.54 Å². The molecule has 0 fully saturated rings. The largest absolute Gasteiger partial charge is 0.350 e. The summed E-state index contributed by atoms with van der Waals surface area (Å²) in [4.78, 5) is 27.0. The predicted octanol–water partition coefficient (Wildman–Crippen LogP) is 1.47. The van der Waals surface area contributed by atoms with Crippen LogP contribution in [0.5, 0.6) is 0 Å². The van der Waals surface area contributed by atoms with Gasteiger partial charge in [0, 0.05) is 25.4 Å². The molecule has 1 aromatic carbocycles. The molecule has 1 amide bonds. The summed E-state index contributed by atoms with van der Waals surface area (Å²) >= 11 is 5.78. The summed E-state index contributed by atoms with van der Waals surface area (Å²) in [6, 6.07) is 4.87. The third-order valence-electron chi connectivity index (χ3n) is 2.61. The van der Waals surface area contributed by atoms with E-state index in [1.807, 2.05) is 0 Å². The lowest BCUT2D eigenvalue weighted by molar-refractivity contribution is 0.0952. The van der Waals surface area contributed by atoms with Crippen molar-refractivity contribution in [3.63, 3.8) is 0 Å². The Morgan fingerprint density at radius 2 is 2.20 bits per heavy atom. The molecule has 0 aliphatic heterocycles. The molecule has 2 aromatic rings. The van der Waals surface area contributed by atoms with Crippen LogP contribution in [0.25, 0.3) is 0 Å². The van der Waals surface area contributed by atoms with Gasteiger partial charge in [0.1, 0.15) is 5.82 Å². The average Bonchev–Trinajstić information content (AvgIpc) is 2.40. The van der Waals surface area contributed by atoms with Crippen LogP contribution < -0.4 is 10.9 Å². The third kappa shape index (κ3) is 3.42. The number of carbonyl (C=O) groups excluding carboxylic acids is 1. The van der Waals surface area contributed by atoms with Gasteiger partial charge >= 0.3 is 0 Å². The topological polar surface area (TPSA) is 64.0 Å². The number of nitrogens with one attached hydrogen (secondary N) is 1. The third-order valence-corrected chi connectivity index (χ3v) is 2.92. The molecule has 0 saturated carbocycles. The molecular formula is C13H11ClFN3O2. The predicted molar refractivity (Wildman–Crippen MR) is 72.2 cm³/mol. The molecule has 0 aliphatic carbocycles. The van der Waals surface area contributed by atoms with Crippen molar-refractivity contribution in [3.05, 3.63) is 63.5 Å². The maximum absolute atomic E-state index is 12.9. The van der Waals surface area contributed by atoms with Crippen molar-refractivity contribution in [2.24, 2.45) is 0 Å². The normalized spacial score (nSPS) is 10.3. The number of nitrogens with zero attached hydrogens (tertiary/aromatic N) is 2. The monoisotopic (exact) mass is 295 g/mol. The van der Waals surface area contributed by atoms with Crippen molar-refractivity contribution in [1.82, 2.24) is 14.9 Å². The van der Waals surface area contributed by atoms with Gasteiger partial charge in [-0.05, 0) is 18.2 Å². The molecule has 0 aliphatic rings. The van der Waals surface area contributed by atoms with Gasteiger partial charge in [0.05, 0.1) is 16.9 Å². The van der Waals surface area contributed by atoms with Crippen LogP contribution in [0.15, 0.2) is 41.6 Å². The number of hydrogen-bond donors (Lipinski definition) is 1. The first-order chi connectivity index (χ1) is 9.58. The minimum absolute atomic E-state index is 0.0426. The Bertz CT molecular complexity index is 687. The van der Waals surface area contributed by atoms with Crippen LogP contribution in [0.4, 0.5) is 4.39 Å². The highest BCUT2D eigenvalue weighted by Crippen LogP contribution is 2.16. The van der Waals surface area contributed by atoms with Gasteiger partial charge < -0.3 is 5.32 Å².